The molecule has 1 aliphatic carbocycles. The lowest BCUT2D eigenvalue weighted by atomic mass is 10.3. The smallest absolute Gasteiger partial charge is 0.107 e. The van der Waals surface area contributed by atoms with Crippen molar-refractivity contribution < 1.29 is 0 Å². The number of thiophene rings is 1. The fraction of sp³-hybridized carbons (Fsp3) is 0.429. The van der Waals surface area contributed by atoms with Gasteiger partial charge in [0.05, 0.1) is 0 Å². The van der Waals surface area contributed by atoms with Crippen LogP contribution in [0.15, 0.2) is 10.5 Å². The van der Waals surface area contributed by atoms with Crippen LogP contribution in [-0.2, 0) is 0 Å². The van der Waals surface area contributed by atoms with E-state index in [1.54, 1.807) is 11.3 Å². The van der Waals surface area contributed by atoms with E-state index in [4.69, 9.17) is 17.3 Å². The molecule has 1 aliphatic rings. The lowest BCUT2D eigenvalue weighted by molar-refractivity contribution is 1.01. The van der Waals surface area contributed by atoms with Crippen LogP contribution in [0, 0.1) is 0 Å². The van der Waals surface area contributed by atoms with Gasteiger partial charge in [0.2, 0.25) is 0 Å². The van der Waals surface area contributed by atoms with Gasteiger partial charge in [-0.3, -0.25) is 0 Å². The van der Waals surface area contributed by atoms with Gasteiger partial charge < -0.3 is 5.73 Å². The first-order valence-corrected chi connectivity index (χ1v) is 5.37. The Balaban J connectivity index is 2.26. The third kappa shape index (κ3) is 1.47. The minimum atomic E-state index is 0.372. The van der Waals surface area contributed by atoms with Crippen molar-refractivity contribution in [2.45, 2.75) is 18.4 Å². The van der Waals surface area contributed by atoms with Gasteiger partial charge in [-0.1, -0.05) is 11.6 Å². The first kappa shape index (κ1) is 8.05. The van der Waals surface area contributed by atoms with Gasteiger partial charge in [0, 0.05) is 21.3 Å². The summed E-state index contributed by atoms with van der Waals surface area (Å²) in [5.74, 6) is 0.573. The van der Waals surface area contributed by atoms with Gasteiger partial charge >= 0.3 is 0 Å². The zero-order chi connectivity index (χ0) is 8.01. The molecular weight excluding hydrogens is 246 g/mol. The summed E-state index contributed by atoms with van der Waals surface area (Å²) < 4.78 is 1.83. The van der Waals surface area contributed by atoms with E-state index in [1.165, 1.54) is 4.88 Å². The van der Waals surface area contributed by atoms with Crippen molar-refractivity contribution in [1.29, 1.82) is 0 Å². The maximum atomic E-state index is 5.88. The maximum Gasteiger partial charge on any atom is 0.107 e. The fourth-order valence-corrected chi connectivity index (χ4v) is 3.01. The van der Waals surface area contributed by atoms with Crippen molar-refractivity contribution in [3.05, 3.63) is 19.8 Å². The summed E-state index contributed by atoms with van der Waals surface area (Å²) in [6.45, 7) is 0. The predicted octanol–water partition coefficient (Wildman–Crippen LogP) is 2.98. The van der Waals surface area contributed by atoms with Crippen LogP contribution in [0.3, 0.4) is 0 Å². The third-order valence-electron chi connectivity index (χ3n) is 1.87. The van der Waals surface area contributed by atoms with Crippen LogP contribution in [-0.4, -0.2) is 6.04 Å². The number of nitrogens with two attached hydrogens (primary N) is 1. The minimum Gasteiger partial charge on any atom is -0.327 e. The molecule has 0 unspecified atom stereocenters. The molecule has 0 bridgehead atoms. The number of halogens is 2. The van der Waals surface area contributed by atoms with Crippen LogP contribution in [0.2, 0.25) is 4.34 Å². The third-order valence-corrected chi connectivity index (χ3v) is 4.48. The van der Waals surface area contributed by atoms with Crippen LogP contribution in [0.5, 0.6) is 0 Å². The van der Waals surface area contributed by atoms with Crippen LogP contribution in [0.25, 0.3) is 0 Å². The van der Waals surface area contributed by atoms with Gasteiger partial charge in [-0.15, -0.1) is 11.3 Å². The zero-order valence-corrected chi connectivity index (χ0v) is 8.84. The van der Waals surface area contributed by atoms with Crippen molar-refractivity contribution in [2.24, 2.45) is 5.73 Å². The molecule has 2 rings (SSSR count). The monoisotopic (exact) mass is 251 g/mol. The number of hydrogen-bond donors (Lipinski definition) is 1. The van der Waals surface area contributed by atoms with E-state index in [-0.39, 0.29) is 0 Å². The summed E-state index contributed by atoms with van der Waals surface area (Å²) in [6.07, 6.45) is 1.11. The van der Waals surface area contributed by atoms with Gasteiger partial charge in [-0.2, -0.15) is 0 Å². The fourth-order valence-electron chi connectivity index (χ4n) is 1.09. The molecule has 0 amide bonds. The second-order valence-corrected chi connectivity index (χ2v) is 5.32. The summed E-state index contributed by atoms with van der Waals surface area (Å²) in [5.41, 5.74) is 5.71. The van der Waals surface area contributed by atoms with E-state index in [1.807, 2.05) is 0 Å². The minimum absolute atomic E-state index is 0.372. The quantitative estimate of drug-likeness (QED) is 0.817. The lowest BCUT2D eigenvalue weighted by Gasteiger charge is -1.86. The highest BCUT2D eigenvalue weighted by Gasteiger charge is 2.36. The van der Waals surface area contributed by atoms with Gasteiger partial charge in [0.25, 0.3) is 0 Å². The molecule has 1 aromatic heterocycles. The summed E-state index contributed by atoms with van der Waals surface area (Å²) in [5, 5.41) is 0. The second kappa shape index (κ2) is 2.73. The molecule has 0 aromatic carbocycles. The Labute approximate surface area is 82.7 Å². The van der Waals surface area contributed by atoms with E-state index in [9.17, 15) is 0 Å². The zero-order valence-electron chi connectivity index (χ0n) is 5.68. The molecule has 4 heteroatoms. The molecular formula is C7H7BrClNS. The van der Waals surface area contributed by atoms with Crippen LogP contribution in [0.4, 0.5) is 0 Å². The van der Waals surface area contributed by atoms with Crippen molar-refractivity contribution in [3.8, 4) is 0 Å². The molecule has 1 fully saturated rings. The molecule has 60 valence electrons. The summed E-state index contributed by atoms with van der Waals surface area (Å²) in [4.78, 5) is 1.31. The first-order valence-electron chi connectivity index (χ1n) is 3.39. The lowest BCUT2D eigenvalue weighted by Crippen LogP contribution is -1.99. The van der Waals surface area contributed by atoms with Gasteiger partial charge in [0.15, 0.2) is 0 Å². The molecule has 1 nitrogen and oxygen atoms in total. The van der Waals surface area contributed by atoms with Crippen LogP contribution in [0.1, 0.15) is 17.2 Å². The Bertz CT molecular complexity index is 266. The molecule has 0 radical (unpaired) electrons. The summed E-state index contributed by atoms with van der Waals surface area (Å²) >= 11 is 10.9. The molecule has 1 saturated carbocycles. The van der Waals surface area contributed by atoms with E-state index in [0.29, 0.717) is 12.0 Å². The van der Waals surface area contributed by atoms with E-state index in [2.05, 4.69) is 22.0 Å². The molecule has 1 heterocycles. The molecule has 2 N–H and O–H groups in total. The SMILES string of the molecule is N[C@@H]1C[C@H]1c1cc(Br)c(Cl)s1. The highest BCUT2D eigenvalue weighted by Crippen LogP contribution is 2.45. The van der Waals surface area contributed by atoms with Crippen LogP contribution >= 0.6 is 38.9 Å². The Kier molecular flexibility index (Phi) is 2.00. The Hall–Kier alpha value is 0.430. The van der Waals surface area contributed by atoms with Gasteiger partial charge in [-0.25, -0.2) is 0 Å². The number of hydrogen-bond acceptors (Lipinski definition) is 2. The first-order chi connectivity index (χ1) is 5.18. The Morgan fingerprint density at radius 3 is 2.73 bits per heavy atom. The summed E-state index contributed by atoms with van der Waals surface area (Å²) in [6, 6.07) is 2.45. The average Bonchev–Trinajstić information content (AvgIpc) is 2.56. The second-order valence-electron chi connectivity index (χ2n) is 2.78. The average molecular weight is 253 g/mol. The maximum absolute atomic E-state index is 5.88. The highest BCUT2D eigenvalue weighted by molar-refractivity contribution is 9.10. The molecule has 0 saturated heterocycles. The highest BCUT2D eigenvalue weighted by atomic mass is 79.9. The van der Waals surface area contributed by atoms with Gasteiger partial charge in [0.1, 0.15) is 4.34 Å². The van der Waals surface area contributed by atoms with E-state index < -0.39 is 0 Å². The number of rotatable bonds is 1. The van der Waals surface area contributed by atoms with Crippen molar-refractivity contribution in [2.75, 3.05) is 0 Å². The largest absolute Gasteiger partial charge is 0.327 e. The topological polar surface area (TPSA) is 26.0 Å². The van der Waals surface area contributed by atoms with Crippen LogP contribution < -0.4 is 5.73 Å². The standard InChI is InChI=1S/C7H7BrClNS/c8-4-2-6(11-7(4)9)3-1-5(3)10/h2-3,5H,1,10H2/t3-,5-/m1/s1. The Morgan fingerprint density at radius 1 is 1.73 bits per heavy atom. The molecule has 0 spiro atoms. The van der Waals surface area contributed by atoms with Gasteiger partial charge in [-0.05, 0) is 28.4 Å². The predicted molar refractivity (Wildman–Crippen MR) is 52.4 cm³/mol. The molecule has 0 aliphatic heterocycles. The van der Waals surface area contributed by atoms with E-state index >= 15 is 0 Å². The van der Waals surface area contributed by atoms with Crippen molar-refractivity contribution in [1.82, 2.24) is 0 Å². The van der Waals surface area contributed by atoms with Crippen molar-refractivity contribution >= 4 is 38.9 Å². The molecule has 11 heavy (non-hydrogen) atoms. The van der Waals surface area contributed by atoms with E-state index in [0.717, 1.165) is 15.2 Å². The van der Waals surface area contributed by atoms with Crippen molar-refractivity contribution in [3.63, 3.8) is 0 Å². The molecule has 1 aromatic rings. The normalized spacial score (nSPS) is 29.0. The summed E-state index contributed by atoms with van der Waals surface area (Å²) in [7, 11) is 0. The molecule has 2 atom stereocenters. The Morgan fingerprint density at radius 2 is 2.36 bits per heavy atom.